The van der Waals surface area contributed by atoms with Crippen LogP contribution in [0.25, 0.3) is 0 Å². The summed E-state index contributed by atoms with van der Waals surface area (Å²) in [4.78, 5) is 25.1. The van der Waals surface area contributed by atoms with Gasteiger partial charge in [0.05, 0.1) is 32.0 Å². The van der Waals surface area contributed by atoms with Crippen molar-refractivity contribution in [2.75, 3.05) is 19.8 Å². The second-order valence-corrected chi connectivity index (χ2v) is 23.2. The van der Waals surface area contributed by atoms with E-state index in [9.17, 15) is 35.1 Å². The van der Waals surface area contributed by atoms with E-state index >= 15 is 0 Å². The molecule has 1 saturated heterocycles. The van der Waals surface area contributed by atoms with Gasteiger partial charge < -0.3 is 45.1 Å². The van der Waals surface area contributed by atoms with Crippen molar-refractivity contribution in [1.82, 2.24) is 5.32 Å². The van der Waals surface area contributed by atoms with Gasteiger partial charge in [0, 0.05) is 12.8 Å². The van der Waals surface area contributed by atoms with Crippen LogP contribution in [0.5, 0.6) is 0 Å². The number of aliphatic hydroxyl groups excluding tert-OH is 5. The number of carbonyl (C=O) groups excluding carboxylic acids is 2. The first-order valence-corrected chi connectivity index (χ1v) is 33.6. The molecule has 1 aliphatic rings. The number of esters is 1. The van der Waals surface area contributed by atoms with Crippen LogP contribution in [0.15, 0.2) is 60.8 Å². The zero-order valence-corrected chi connectivity index (χ0v) is 51.5. The van der Waals surface area contributed by atoms with E-state index in [-0.39, 0.29) is 18.5 Å². The average molecular weight is 1130 g/mol. The van der Waals surface area contributed by atoms with Gasteiger partial charge in [0.25, 0.3) is 0 Å². The Morgan fingerprint density at radius 1 is 0.463 bits per heavy atom. The van der Waals surface area contributed by atoms with Crippen LogP contribution in [0.4, 0.5) is 0 Å². The molecule has 6 N–H and O–H groups in total. The summed E-state index contributed by atoms with van der Waals surface area (Å²) in [6.07, 6.45) is 66.2. The van der Waals surface area contributed by atoms with Crippen molar-refractivity contribution in [3.8, 4) is 0 Å². The van der Waals surface area contributed by atoms with E-state index in [1.165, 1.54) is 193 Å². The molecule has 0 bridgehead atoms. The fraction of sp³-hybridized carbons (Fsp3) is 0.826. The van der Waals surface area contributed by atoms with Crippen molar-refractivity contribution in [2.45, 2.75) is 346 Å². The molecule has 7 atom stereocenters. The summed E-state index contributed by atoms with van der Waals surface area (Å²) in [5.74, 6) is -0.200. The lowest BCUT2D eigenvalue weighted by Crippen LogP contribution is -2.60. The maximum atomic E-state index is 13.0. The molecule has 0 spiro atoms. The van der Waals surface area contributed by atoms with Crippen molar-refractivity contribution in [3.05, 3.63) is 60.8 Å². The quantitative estimate of drug-likeness (QED) is 0.0195. The average Bonchev–Trinajstić information content (AvgIpc) is 3.47. The fourth-order valence-corrected chi connectivity index (χ4v) is 10.3. The minimum Gasteiger partial charge on any atom is -0.466 e. The molecule has 80 heavy (non-hydrogen) atoms. The van der Waals surface area contributed by atoms with Crippen molar-refractivity contribution in [3.63, 3.8) is 0 Å². The number of aliphatic hydroxyl groups is 5. The normalized spacial score (nSPS) is 18.7. The molecule has 0 radical (unpaired) electrons. The number of hydrogen-bond acceptors (Lipinski definition) is 10. The number of rotatable bonds is 58. The first-order chi connectivity index (χ1) is 39.2. The molecule has 466 valence electrons. The van der Waals surface area contributed by atoms with Gasteiger partial charge in [-0.3, -0.25) is 9.59 Å². The smallest absolute Gasteiger partial charge is 0.305 e. The van der Waals surface area contributed by atoms with Gasteiger partial charge >= 0.3 is 5.97 Å². The summed E-state index contributed by atoms with van der Waals surface area (Å²) in [5.41, 5.74) is 0. The van der Waals surface area contributed by atoms with Crippen LogP contribution in [0, 0.1) is 0 Å². The van der Waals surface area contributed by atoms with Gasteiger partial charge in [0.1, 0.15) is 24.4 Å². The molecule has 1 amide bonds. The Morgan fingerprint density at radius 2 is 0.863 bits per heavy atom. The van der Waals surface area contributed by atoms with Gasteiger partial charge in [-0.2, -0.15) is 0 Å². The van der Waals surface area contributed by atoms with E-state index in [4.69, 9.17) is 14.2 Å². The summed E-state index contributed by atoms with van der Waals surface area (Å²) >= 11 is 0. The molecule has 0 aromatic rings. The van der Waals surface area contributed by atoms with E-state index in [1.807, 2.05) is 6.08 Å². The molecule has 0 aromatic heterocycles. The second kappa shape index (κ2) is 58.1. The van der Waals surface area contributed by atoms with Crippen molar-refractivity contribution in [1.29, 1.82) is 0 Å². The number of hydrogen-bond donors (Lipinski definition) is 6. The summed E-state index contributed by atoms with van der Waals surface area (Å²) in [7, 11) is 0. The minimum atomic E-state index is -1.57. The Hall–Kier alpha value is -2.64. The predicted octanol–water partition coefficient (Wildman–Crippen LogP) is 16.6. The van der Waals surface area contributed by atoms with Gasteiger partial charge in [-0.15, -0.1) is 0 Å². The number of carbonyl (C=O) groups is 2. The van der Waals surface area contributed by atoms with Gasteiger partial charge in [0.15, 0.2) is 6.29 Å². The molecular weight excluding hydrogens is 1000 g/mol. The largest absolute Gasteiger partial charge is 0.466 e. The summed E-state index contributed by atoms with van der Waals surface area (Å²) in [6, 6.07) is -0.813. The van der Waals surface area contributed by atoms with E-state index < -0.39 is 49.5 Å². The lowest BCUT2D eigenvalue weighted by atomic mass is 9.99. The zero-order valence-electron chi connectivity index (χ0n) is 51.5. The van der Waals surface area contributed by atoms with Crippen LogP contribution in [-0.2, 0) is 23.8 Å². The second-order valence-electron chi connectivity index (χ2n) is 23.2. The van der Waals surface area contributed by atoms with E-state index in [2.05, 4.69) is 67.8 Å². The third-order valence-electron chi connectivity index (χ3n) is 15.6. The zero-order chi connectivity index (χ0) is 58.0. The van der Waals surface area contributed by atoms with Gasteiger partial charge in [-0.05, 0) is 89.9 Å². The highest BCUT2D eigenvalue weighted by molar-refractivity contribution is 5.76. The highest BCUT2D eigenvalue weighted by Crippen LogP contribution is 2.23. The molecule has 0 aromatic carbocycles. The first kappa shape index (κ1) is 75.4. The molecule has 7 unspecified atom stereocenters. The first-order valence-electron chi connectivity index (χ1n) is 33.6. The Labute approximate surface area is 490 Å². The molecule has 1 heterocycles. The Kier molecular flexibility index (Phi) is 54.8. The van der Waals surface area contributed by atoms with Crippen molar-refractivity contribution >= 4 is 11.9 Å². The molecule has 1 rings (SSSR count). The van der Waals surface area contributed by atoms with Crippen molar-refractivity contribution < 1.29 is 49.3 Å². The Balaban J connectivity index is 2.01. The monoisotopic (exact) mass is 1130 g/mol. The highest BCUT2D eigenvalue weighted by Gasteiger charge is 2.44. The van der Waals surface area contributed by atoms with Gasteiger partial charge in [-0.25, -0.2) is 0 Å². The van der Waals surface area contributed by atoms with Crippen molar-refractivity contribution in [2.24, 2.45) is 0 Å². The van der Waals surface area contributed by atoms with Gasteiger partial charge in [0.2, 0.25) is 5.91 Å². The number of amides is 1. The molecule has 1 aliphatic heterocycles. The van der Waals surface area contributed by atoms with Gasteiger partial charge in [-0.1, -0.05) is 261 Å². The van der Waals surface area contributed by atoms with Crippen LogP contribution < -0.4 is 5.32 Å². The standard InChI is InChI=1S/C69H125NO10/c1-3-5-7-9-11-13-15-32-37-41-45-49-53-57-65(74)78-58-54-50-46-42-38-34-31-29-27-25-23-21-19-17-18-20-22-24-26-28-30-33-36-40-44-48-52-56-64(73)70-61(60-79-69-68(77)67(76)66(75)63(59-71)80-69)62(72)55-51-47-43-39-35-16-14-12-10-8-6-4-2/h7,9,13,15,17-18,21,23,51,55,61-63,66-69,71-72,75-77H,3-6,8,10-12,14,16,19-20,22,24-50,52-54,56-60H2,1-2H3,(H,70,73)/b9-7-,15-13-,18-17-,23-21-,55-51+. The summed E-state index contributed by atoms with van der Waals surface area (Å²) in [5, 5.41) is 54.4. The number of allylic oxidation sites excluding steroid dienone is 9. The summed E-state index contributed by atoms with van der Waals surface area (Å²) in [6.45, 7) is 4.27. The lowest BCUT2D eigenvalue weighted by Gasteiger charge is -2.40. The maximum absolute atomic E-state index is 13.0. The number of unbranched alkanes of at least 4 members (excludes halogenated alkanes) is 36. The molecular formula is C69H125NO10. The van der Waals surface area contributed by atoms with Crippen LogP contribution in [0.3, 0.4) is 0 Å². The van der Waals surface area contributed by atoms with Crippen LogP contribution in [-0.4, -0.2) is 100 Å². The number of nitrogens with one attached hydrogen (secondary N) is 1. The lowest BCUT2D eigenvalue weighted by molar-refractivity contribution is -0.302. The maximum Gasteiger partial charge on any atom is 0.305 e. The topological polar surface area (TPSA) is 175 Å². The van der Waals surface area contributed by atoms with E-state index in [0.29, 0.717) is 19.4 Å². The number of ether oxygens (including phenoxy) is 3. The van der Waals surface area contributed by atoms with E-state index in [1.54, 1.807) is 6.08 Å². The SMILES string of the molecule is CCC/C=C\C/C=C\CCCCCCCC(=O)OCCCCCCCCCCC/C=C\C/C=C\CCCCCCCCCCCCCC(=O)NC(COC1OC(CO)C(O)C(O)C1O)C(O)/C=C/CCCCCCCCCCCC. The molecule has 11 heteroatoms. The predicted molar refractivity (Wildman–Crippen MR) is 333 cm³/mol. The van der Waals surface area contributed by atoms with Crippen LogP contribution >= 0.6 is 0 Å². The Morgan fingerprint density at radius 3 is 1.31 bits per heavy atom. The van der Waals surface area contributed by atoms with E-state index in [0.717, 1.165) is 83.5 Å². The molecule has 1 fully saturated rings. The van der Waals surface area contributed by atoms with Crippen LogP contribution in [0.2, 0.25) is 0 Å². The fourth-order valence-electron chi connectivity index (χ4n) is 10.3. The third-order valence-corrected chi connectivity index (χ3v) is 15.6. The molecule has 0 aliphatic carbocycles. The highest BCUT2D eigenvalue weighted by atomic mass is 16.7. The Bertz CT molecular complexity index is 1510. The van der Waals surface area contributed by atoms with Crippen LogP contribution in [0.1, 0.15) is 303 Å². The molecule has 0 saturated carbocycles. The minimum absolute atomic E-state index is 0.0148. The summed E-state index contributed by atoms with van der Waals surface area (Å²) < 4.78 is 16.7. The third kappa shape index (κ3) is 46.8. The molecule has 11 nitrogen and oxygen atoms in total.